The van der Waals surface area contributed by atoms with E-state index >= 15 is 0 Å². The largest absolute Gasteiger partial charge is 0.302 e. The summed E-state index contributed by atoms with van der Waals surface area (Å²) in [5, 5.41) is 9.11. The van der Waals surface area contributed by atoms with Crippen molar-refractivity contribution in [2.75, 3.05) is 0 Å². The number of hydrogen-bond acceptors (Lipinski definition) is 5. The first-order valence-electron chi connectivity index (χ1n) is 11.9. The van der Waals surface area contributed by atoms with E-state index in [0.717, 1.165) is 18.4 Å². The molecule has 166 valence electrons. The van der Waals surface area contributed by atoms with Crippen molar-refractivity contribution in [2.45, 2.75) is 94.8 Å². The average Bonchev–Trinajstić information content (AvgIpc) is 3.01. The maximum absolute atomic E-state index is 13.3. The molecule has 1 aromatic heterocycles. The molecule has 0 spiro atoms. The SMILES string of the molecule is O=C(NO)c1nc2ccccc2n(C2CC3CC[C@@H](C2)N3C2CCCCCCC2)c1=O. The van der Waals surface area contributed by atoms with Gasteiger partial charge >= 0.3 is 0 Å². The lowest BCUT2D eigenvalue weighted by molar-refractivity contribution is 0.0495. The van der Waals surface area contributed by atoms with Crippen LogP contribution in [0.25, 0.3) is 11.0 Å². The van der Waals surface area contributed by atoms with Crippen LogP contribution in [0.3, 0.4) is 0 Å². The number of nitrogens with one attached hydrogen (secondary N) is 1. The van der Waals surface area contributed by atoms with E-state index in [1.165, 1.54) is 57.8 Å². The Bertz CT molecular complexity index is 998. The van der Waals surface area contributed by atoms with Crippen molar-refractivity contribution in [1.29, 1.82) is 0 Å². The molecule has 3 atom stereocenters. The molecule has 2 saturated heterocycles. The van der Waals surface area contributed by atoms with Crippen LogP contribution in [0.2, 0.25) is 0 Å². The van der Waals surface area contributed by atoms with Crippen LogP contribution in [0.15, 0.2) is 29.1 Å². The molecule has 7 heteroatoms. The molecule has 1 saturated carbocycles. The third-order valence-corrected chi connectivity index (χ3v) is 7.74. The number of hydroxylamine groups is 1. The fourth-order valence-corrected chi connectivity index (χ4v) is 6.44. The summed E-state index contributed by atoms with van der Waals surface area (Å²) in [5.41, 5.74) is 2.31. The van der Waals surface area contributed by atoms with Crippen LogP contribution in [0.4, 0.5) is 0 Å². The Morgan fingerprint density at radius 3 is 2.23 bits per heavy atom. The van der Waals surface area contributed by atoms with Crippen LogP contribution in [0.5, 0.6) is 0 Å². The summed E-state index contributed by atoms with van der Waals surface area (Å²) < 4.78 is 1.79. The van der Waals surface area contributed by atoms with Crippen molar-refractivity contribution in [3.63, 3.8) is 0 Å². The molecule has 3 heterocycles. The molecule has 5 rings (SSSR count). The summed E-state index contributed by atoms with van der Waals surface area (Å²) in [6, 6.07) is 9.22. The topological polar surface area (TPSA) is 87.5 Å². The number of carbonyl (C=O) groups is 1. The van der Waals surface area contributed by atoms with E-state index in [0.29, 0.717) is 23.6 Å². The second kappa shape index (κ2) is 8.71. The maximum atomic E-state index is 13.3. The van der Waals surface area contributed by atoms with Gasteiger partial charge in [-0.05, 0) is 50.7 Å². The zero-order chi connectivity index (χ0) is 21.4. The number of para-hydroxylation sites is 2. The Balaban J connectivity index is 1.48. The Kier molecular flexibility index (Phi) is 5.80. The third-order valence-electron chi connectivity index (χ3n) is 7.74. The van der Waals surface area contributed by atoms with Gasteiger partial charge in [-0.2, -0.15) is 0 Å². The van der Waals surface area contributed by atoms with Gasteiger partial charge in [-0.1, -0.05) is 44.2 Å². The molecule has 31 heavy (non-hydrogen) atoms. The molecule has 1 aliphatic carbocycles. The molecule has 7 nitrogen and oxygen atoms in total. The minimum Gasteiger partial charge on any atom is -0.302 e. The summed E-state index contributed by atoms with van der Waals surface area (Å²) in [4.78, 5) is 32.5. The van der Waals surface area contributed by atoms with Crippen LogP contribution < -0.4 is 11.0 Å². The van der Waals surface area contributed by atoms with Crippen molar-refractivity contribution in [1.82, 2.24) is 19.9 Å². The lowest BCUT2D eigenvalue weighted by Gasteiger charge is -2.45. The van der Waals surface area contributed by atoms with Crippen LogP contribution in [-0.4, -0.2) is 43.7 Å². The predicted molar refractivity (Wildman–Crippen MR) is 118 cm³/mol. The molecule has 3 aliphatic rings. The number of nitrogens with zero attached hydrogens (tertiary/aromatic N) is 3. The molecule has 1 aromatic carbocycles. The molecular formula is C24H32N4O3. The summed E-state index contributed by atoms with van der Waals surface area (Å²) in [6.45, 7) is 0. The van der Waals surface area contributed by atoms with Gasteiger partial charge < -0.3 is 4.57 Å². The summed E-state index contributed by atoms with van der Waals surface area (Å²) >= 11 is 0. The highest BCUT2D eigenvalue weighted by Gasteiger charge is 2.44. The van der Waals surface area contributed by atoms with Gasteiger partial charge in [0, 0.05) is 24.2 Å². The number of carbonyl (C=O) groups excluding carboxylic acids is 1. The molecule has 2 unspecified atom stereocenters. The Morgan fingerprint density at radius 1 is 0.903 bits per heavy atom. The van der Waals surface area contributed by atoms with E-state index in [9.17, 15) is 9.59 Å². The number of amides is 1. The average molecular weight is 425 g/mol. The highest BCUT2D eigenvalue weighted by Crippen LogP contribution is 2.44. The zero-order valence-corrected chi connectivity index (χ0v) is 18.0. The van der Waals surface area contributed by atoms with E-state index < -0.39 is 11.5 Å². The molecule has 1 amide bonds. The fourth-order valence-electron chi connectivity index (χ4n) is 6.44. The van der Waals surface area contributed by atoms with Crippen molar-refractivity contribution < 1.29 is 10.0 Å². The minimum atomic E-state index is -0.848. The van der Waals surface area contributed by atoms with E-state index in [4.69, 9.17) is 5.21 Å². The number of fused-ring (bicyclic) bond motifs is 3. The van der Waals surface area contributed by atoms with Crippen molar-refractivity contribution >= 4 is 16.9 Å². The van der Waals surface area contributed by atoms with Crippen molar-refractivity contribution in [3.8, 4) is 0 Å². The van der Waals surface area contributed by atoms with E-state index in [-0.39, 0.29) is 11.7 Å². The van der Waals surface area contributed by atoms with E-state index in [2.05, 4.69) is 9.88 Å². The fraction of sp³-hybridized carbons (Fsp3) is 0.625. The van der Waals surface area contributed by atoms with Gasteiger partial charge in [0.1, 0.15) is 0 Å². The third kappa shape index (κ3) is 3.78. The van der Waals surface area contributed by atoms with Crippen LogP contribution in [0, 0.1) is 0 Å². The first-order chi connectivity index (χ1) is 15.2. The Morgan fingerprint density at radius 2 is 1.55 bits per heavy atom. The van der Waals surface area contributed by atoms with Gasteiger partial charge in [-0.3, -0.25) is 19.7 Å². The van der Waals surface area contributed by atoms with Gasteiger partial charge in [0.05, 0.1) is 11.0 Å². The first-order valence-corrected chi connectivity index (χ1v) is 11.9. The van der Waals surface area contributed by atoms with Crippen LogP contribution >= 0.6 is 0 Å². The van der Waals surface area contributed by atoms with Gasteiger partial charge in [0.25, 0.3) is 11.5 Å². The maximum Gasteiger partial charge on any atom is 0.299 e. The smallest absolute Gasteiger partial charge is 0.299 e. The van der Waals surface area contributed by atoms with Crippen LogP contribution in [0.1, 0.15) is 87.2 Å². The minimum absolute atomic E-state index is 0.0490. The number of rotatable bonds is 3. The van der Waals surface area contributed by atoms with Gasteiger partial charge in [0.2, 0.25) is 0 Å². The van der Waals surface area contributed by atoms with Crippen molar-refractivity contribution in [2.24, 2.45) is 0 Å². The monoisotopic (exact) mass is 424 g/mol. The lowest BCUT2D eigenvalue weighted by Crippen LogP contribution is -2.50. The second-order valence-corrected chi connectivity index (χ2v) is 9.52. The van der Waals surface area contributed by atoms with Gasteiger partial charge in [-0.15, -0.1) is 0 Å². The predicted octanol–water partition coefficient (Wildman–Crippen LogP) is 3.80. The Labute approximate surface area is 182 Å². The highest BCUT2D eigenvalue weighted by molar-refractivity contribution is 5.93. The number of aromatic nitrogens is 2. The van der Waals surface area contributed by atoms with Gasteiger partial charge in [0.15, 0.2) is 5.69 Å². The molecule has 0 radical (unpaired) electrons. The zero-order valence-electron chi connectivity index (χ0n) is 18.0. The summed E-state index contributed by atoms with van der Waals surface area (Å²) in [5.74, 6) is -0.848. The first kappa shape index (κ1) is 20.6. The van der Waals surface area contributed by atoms with E-state index in [1.54, 1.807) is 10.0 Å². The van der Waals surface area contributed by atoms with E-state index in [1.807, 2.05) is 24.3 Å². The summed E-state index contributed by atoms with van der Waals surface area (Å²) in [7, 11) is 0. The normalized spacial score (nSPS) is 27.7. The summed E-state index contributed by atoms with van der Waals surface area (Å²) in [6.07, 6.45) is 13.6. The highest BCUT2D eigenvalue weighted by atomic mass is 16.5. The quantitative estimate of drug-likeness (QED) is 0.578. The molecule has 2 aliphatic heterocycles. The van der Waals surface area contributed by atoms with Gasteiger partial charge in [-0.25, -0.2) is 10.5 Å². The number of benzene rings is 1. The number of hydrogen-bond donors (Lipinski definition) is 2. The molecule has 2 aromatic rings. The standard InChI is InChI=1S/C24H32N4O3/c29-23(26-31)22-24(30)28(21-11-7-6-10-20(21)25-22)19-14-17-12-13-18(15-19)27(17)16-8-4-2-1-3-5-9-16/h6-7,10-11,16-19,31H,1-5,8-9,12-15H2,(H,26,29)/t17-,18?,19?/m0/s1. The van der Waals surface area contributed by atoms with Crippen LogP contribution in [-0.2, 0) is 0 Å². The molecular weight excluding hydrogens is 392 g/mol. The molecule has 2 N–H and O–H groups in total. The molecule has 3 fully saturated rings. The lowest BCUT2D eigenvalue weighted by atomic mass is 9.89. The number of piperidine rings is 1. The van der Waals surface area contributed by atoms with Crippen molar-refractivity contribution in [3.05, 3.63) is 40.3 Å². The Hall–Kier alpha value is -2.25. The second-order valence-electron chi connectivity index (χ2n) is 9.52. The molecule has 2 bridgehead atoms.